The van der Waals surface area contributed by atoms with E-state index < -0.39 is 35.6 Å². The van der Waals surface area contributed by atoms with Gasteiger partial charge in [-0.1, -0.05) is 133 Å². The molecule has 0 saturated heterocycles. The van der Waals surface area contributed by atoms with Crippen molar-refractivity contribution in [1.29, 1.82) is 0 Å². The molecule has 0 fully saturated rings. The first-order valence-corrected chi connectivity index (χ1v) is 31.0. The molecule has 550 valence electrons. The van der Waals surface area contributed by atoms with Gasteiger partial charge in [0.05, 0.1) is 0 Å². The molecule has 0 atom stereocenters. The number of rotatable bonds is 8. The van der Waals surface area contributed by atoms with Crippen LogP contribution >= 0.6 is 0 Å². The Labute approximate surface area is 632 Å². The molecular weight excluding hydrogens is 1890 g/mol. The van der Waals surface area contributed by atoms with Gasteiger partial charge < -0.3 is 74.9 Å². The van der Waals surface area contributed by atoms with Gasteiger partial charge in [0.2, 0.25) is 0 Å². The Kier molecular flexibility index (Phi) is 29.1. The van der Waals surface area contributed by atoms with E-state index in [1.165, 1.54) is 0 Å². The minimum atomic E-state index is -4.48. The van der Waals surface area contributed by atoms with Crippen LogP contribution in [-0.2, 0) is 105 Å². The van der Waals surface area contributed by atoms with Crippen molar-refractivity contribution < 1.29 is 103 Å². The summed E-state index contributed by atoms with van der Waals surface area (Å²) < 4.78 is 118. The van der Waals surface area contributed by atoms with Crippen molar-refractivity contribution in [2.75, 3.05) is 0 Å². The zero-order chi connectivity index (χ0) is 73.1. The number of aryl methyl sites for hydroxylation is 4. The molecule has 21 nitrogen and oxygen atoms in total. The van der Waals surface area contributed by atoms with Gasteiger partial charge >= 0.3 is 81.7 Å². The van der Waals surface area contributed by atoms with Crippen LogP contribution in [0.1, 0.15) is 133 Å². The van der Waals surface area contributed by atoms with Gasteiger partial charge in [-0.3, -0.25) is 15.0 Å². The van der Waals surface area contributed by atoms with Crippen molar-refractivity contribution >= 4 is 0 Å². The van der Waals surface area contributed by atoms with Gasteiger partial charge in [0.25, 0.3) is 0 Å². The molecule has 0 saturated carbocycles. The predicted octanol–water partition coefficient (Wildman–Crippen LogP) is 15.0. The number of benzene rings is 1. The number of alkyl halides is 9. The van der Waals surface area contributed by atoms with Crippen molar-refractivity contribution in [2.45, 2.75) is 138 Å². The number of pyridine rings is 3. The number of imidazole rings is 3. The summed E-state index contributed by atoms with van der Waals surface area (Å²) in [6.07, 6.45) is 2.35. The van der Waals surface area contributed by atoms with E-state index in [0.717, 1.165) is 92.2 Å². The molecule has 0 amide bonds. The van der Waals surface area contributed by atoms with Gasteiger partial charge in [-0.15, -0.1) is 0 Å². The van der Waals surface area contributed by atoms with Crippen molar-refractivity contribution in [3.8, 4) is 74.4 Å². The van der Waals surface area contributed by atoms with Crippen molar-refractivity contribution in [2.24, 2.45) is 7.05 Å². The number of aromatic nitrogens is 21. The number of hydrogen-bond donors (Lipinski definition) is 0. The Bertz CT molecular complexity index is 4460. The maximum Gasteiger partial charge on any atom is 2.00 e. The Hall–Kier alpha value is -9.01. The second kappa shape index (κ2) is 35.5. The van der Waals surface area contributed by atoms with Crippen molar-refractivity contribution in [1.82, 2.24) is 105 Å². The Morgan fingerprint density at radius 1 is 0.350 bits per heavy atom. The topological polar surface area (TPSA) is 254 Å². The van der Waals surface area contributed by atoms with Gasteiger partial charge in [0.1, 0.15) is 34.6 Å². The van der Waals surface area contributed by atoms with E-state index in [2.05, 4.69) is 110 Å². The van der Waals surface area contributed by atoms with Gasteiger partial charge in [0.15, 0.2) is 0 Å². The average molecular weight is 1960 g/mol. The van der Waals surface area contributed by atoms with Crippen LogP contribution in [0.2, 0.25) is 0 Å². The number of hydrogen-bond acceptors (Lipinski definition) is 12. The number of nitrogens with zero attached hydrogens (tertiary/aromatic N) is 21. The molecule has 33 heteroatoms. The van der Waals surface area contributed by atoms with Crippen LogP contribution in [0.25, 0.3) is 74.4 Å². The zero-order valence-corrected chi connectivity index (χ0v) is 65.1. The zero-order valence-electron chi connectivity index (χ0n) is 58.3. The molecule has 12 heterocycles. The van der Waals surface area contributed by atoms with Crippen molar-refractivity contribution in [3.63, 3.8) is 0 Å². The maximum absolute atomic E-state index is 12.5. The summed E-state index contributed by atoms with van der Waals surface area (Å²) in [7, 11) is 1.94. The summed E-state index contributed by atoms with van der Waals surface area (Å²) in [4.78, 5) is 24.9. The van der Waals surface area contributed by atoms with Crippen LogP contribution in [0.3, 0.4) is 0 Å². The number of halogens is 9. The Balaban J connectivity index is 0.000000222. The minimum Gasteiger partial charge on any atom is -0.573 e. The first-order chi connectivity index (χ1) is 46.8. The first-order valence-electron chi connectivity index (χ1n) is 31.0. The van der Waals surface area contributed by atoms with Crippen LogP contribution in [0.5, 0.6) is 0 Å². The van der Waals surface area contributed by atoms with E-state index in [1.54, 1.807) is 55.4 Å². The van der Waals surface area contributed by atoms with Gasteiger partial charge in [-0.05, 0) is 134 Å². The third kappa shape index (κ3) is 23.5. The molecule has 103 heavy (non-hydrogen) atoms. The summed E-state index contributed by atoms with van der Waals surface area (Å²) in [6.45, 7) is 28.2. The quantitative estimate of drug-likeness (QED) is 0.128. The summed E-state index contributed by atoms with van der Waals surface area (Å²) in [5, 5.41) is 44.1. The van der Waals surface area contributed by atoms with E-state index >= 15 is 0 Å². The summed E-state index contributed by atoms with van der Waals surface area (Å²) in [6, 6.07) is 29.7. The second-order valence-corrected chi connectivity index (χ2v) is 26.1. The largest absolute Gasteiger partial charge is 2.00 e. The third-order valence-corrected chi connectivity index (χ3v) is 14.5. The predicted molar refractivity (Wildman–Crippen MR) is 357 cm³/mol. The number of para-hydroxylation sites is 1. The fraction of sp³-hybridized carbons (Fsp3) is 0.314. The second-order valence-electron chi connectivity index (χ2n) is 26.1. The smallest absolute Gasteiger partial charge is 0.573 e. The normalized spacial score (nSPS) is 11.5. The van der Waals surface area contributed by atoms with E-state index in [-0.39, 0.29) is 96.5 Å². The summed E-state index contributed by atoms with van der Waals surface area (Å²) >= 11 is 0. The van der Waals surface area contributed by atoms with Crippen LogP contribution in [0.4, 0.5) is 39.5 Å². The molecule has 0 aliphatic carbocycles. The molecule has 0 spiro atoms. The standard InChI is InChI=1S/3C13H13F3N3.C13H11N4.C10H13N4.C8H9N4.3Pt/c3*1-12(2,3)8-4-5-17-9(6-8)10-7-11(19-18-10)13(14,15)16;1-10-9-12(16-15-10)13-14-7-8-17(13)11-5-3-2-4-6-11;1-7(2)14-5-4-11-10(14)9-6-8(3)12-13-9;1-6-5-7(11-10-6)8-9-3-4-12(8)2;;;/h3*4-7H,1-3H3;2-9H,1H3;4-7H,1-3H3;3-5H,1-2H3;;;/q6*-1;3*+2. The van der Waals surface area contributed by atoms with E-state index in [9.17, 15) is 39.5 Å². The first kappa shape index (κ1) is 84.6. The van der Waals surface area contributed by atoms with Crippen molar-refractivity contribution in [3.05, 3.63) is 210 Å². The third-order valence-electron chi connectivity index (χ3n) is 14.5. The van der Waals surface area contributed by atoms with Crippen LogP contribution < -0.4 is 30.6 Å². The van der Waals surface area contributed by atoms with Crippen LogP contribution in [-0.4, -0.2) is 74.2 Å². The molecule has 0 N–H and O–H groups in total. The van der Waals surface area contributed by atoms with Gasteiger partial charge in [-0.25, -0.2) is 15.0 Å². The summed E-state index contributed by atoms with van der Waals surface area (Å²) in [5.41, 5.74) is 7.56. The molecule has 0 bridgehead atoms. The van der Waals surface area contributed by atoms with E-state index in [1.807, 2.05) is 185 Å². The Morgan fingerprint density at radius 3 is 0.981 bits per heavy atom. The van der Waals surface area contributed by atoms with Gasteiger partial charge in [0, 0.05) is 109 Å². The average Bonchev–Trinajstić information content (AvgIpc) is 1.79. The van der Waals surface area contributed by atoms with E-state index in [0.29, 0.717) is 23.1 Å². The fourth-order valence-electron chi connectivity index (χ4n) is 9.11. The molecule has 13 aromatic rings. The Morgan fingerprint density at radius 2 is 0.670 bits per heavy atom. The molecule has 12 aromatic heterocycles. The molecule has 0 aliphatic rings. The fourth-order valence-corrected chi connectivity index (χ4v) is 9.11. The molecule has 13 rings (SSSR count). The molecular formula is C70H72F9N21Pt3. The molecule has 0 aliphatic heterocycles. The molecule has 0 unspecified atom stereocenters. The minimum absolute atomic E-state index is 0. The van der Waals surface area contributed by atoms with E-state index in [4.69, 9.17) is 0 Å². The maximum atomic E-state index is 12.5. The van der Waals surface area contributed by atoms with Gasteiger partial charge in [-0.2, -0.15) is 39.5 Å². The SMILES string of the molecule is CC(C)(C)c1ccnc(-c2cc(C(F)(F)F)n[n-]2)c1.CC(C)(C)c1ccnc(-c2cc(C(F)(F)F)n[n-]2)c1.CC(C)(C)c1ccnc(-c2cc(C(F)(F)F)n[n-]2)c1.Cc1cc(-c2nccn2-c2ccccc2)[n-]n1.Cc1cc(-c2nccn2C(C)C)[n-]n1.Cc1cc(-c2nccn2C)[n-]n1.[Pt+2].[Pt+2].[Pt+2]. The van der Waals surface area contributed by atoms with Crippen LogP contribution in [0, 0.1) is 20.8 Å². The molecule has 0 radical (unpaired) electrons. The van der Waals surface area contributed by atoms with Crippen LogP contribution in [0.15, 0.2) is 159 Å². The monoisotopic (exact) mass is 1960 g/mol. The summed E-state index contributed by atoms with van der Waals surface area (Å²) in [5.74, 6) is 2.56. The molecule has 1 aromatic carbocycles.